The number of anilines is 1. The topological polar surface area (TPSA) is 124 Å². The summed E-state index contributed by atoms with van der Waals surface area (Å²) in [6.07, 6.45) is 0. The van der Waals surface area contributed by atoms with Crippen LogP contribution in [0.4, 0.5) is 9.52 Å². The molecule has 1 N–H and O–H groups in total. The maximum atomic E-state index is 14.4. The van der Waals surface area contributed by atoms with Crippen molar-refractivity contribution in [1.29, 1.82) is 0 Å². The van der Waals surface area contributed by atoms with E-state index in [0.29, 0.717) is 16.8 Å². The molecule has 12 heteroatoms. The fraction of sp³-hybridized carbons (Fsp3) is 0.286. The number of aryl methyl sites for hydroxylation is 2. The molecule has 1 aliphatic rings. The summed E-state index contributed by atoms with van der Waals surface area (Å²) in [6.45, 7) is 4.92. The van der Waals surface area contributed by atoms with Crippen LogP contribution in [0, 0.1) is 19.7 Å². The van der Waals surface area contributed by atoms with E-state index in [4.69, 9.17) is 18.9 Å². The Hall–Kier alpha value is -4.45. The van der Waals surface area contributed by atoms with Gasteiger partial charge in [0.1, 0.15) is 16.5 Å². The lowest BCUT2D eigenvalue weighted by molar-refractivity contribution is -0.132. The zero-order valence-corrected chi connectivity index (χ0v) is 23.5. The number of halogens is 1. The molecule has 40 heavy (non-hydrogen) atoms. The molecule has 1 unspecified atom stereocenters. The lowest BCUT2D eigenvalue weighted by atomic mass is 9.94. The van der Waals surface area contributed by atoms with Gasteiger partial charge in [0.2, 0.25) is 5.75 Å². The Labute approximate surface area is 233 Å². The second kappa shape index (κ2) is 11.3. The average molecular weight is 571 g/mol. The molecule has 1 fully saturated rings. The van der Waals surface area contributed by atoms with Crippen LogP contribution in [-0.4, -0.2) is 55.7 Å². The molecular weight excluding hydrogens is 543 g/mol. The van der Waals surface area contributed by atoms with Crippen molar-refractivity contribution >= 4 is 39.9 Å². The number of ether oxygens (including phenoxy) is 4. The highest BCUT2D eigenvalue weighted by Crippen LogP contribution is 2.48. The summed E-state index contributed by atoms with van der Waals surface area (Å²) in [7, 11) is 4.24. The van der Waals surface area contributed by atoms with Gasteiger partial charge < -0.3 is 24.1 Å². The molecule has 2 aromatic carbocycles. The molecule has 0 bridgehead atoms. The number of nitrogens with zero attached hydrogens (tertiary/aromatic N) is 2. The highest BCUT2D eigenvalue weighted by atomic mass is 32.1. The summed E-state index contributed by atoms with van der Waals surface area (Å²) in [6, 6.07) is 5.78. The number of aliphatic hydroxyl groups excluding tert-OH is 1. The van der Waals surface area contributed by atoms with E-state index in [2.05, 4.69) is 4.98 Å². The van der Waals surface area contributed by atoms with Crippen LogP contribution in [0.2, 0.25) is 0 Å². The Morgan fingerprint density at radius 2 is 1.73 bits per heavy atom. The third-order valence-electron chi connectivity index (χ3n) is 6.34. The smallest absolute Gasteiger partial charge is 0.350 e. The van der Waals surface area contributed by atoms with Crippen molar-refractivity contribution in [2.45, 2.75) is 26.8 Å². The molecule has 3 aromatic rings. The van der Waals surface area contributed by atoms with Crippen molar-refractivity contribution < 1.29 is 42.8 Å². The highest BCUT2D eigenvalue weighted by Gasteiger charge is 2.49. The number of Topliss-reactive ketones (excluding diaryl/α,β-unsaturated/α-hetero) is 1. The number of aromatic nitrogens is 1. The Bertz CT molecular complexity index is 1520. The maximum absolute atomic E-state index is 14.4. The number of thiazole rings is 1. The molecule has 4 rings (SSSR count). The molecule has 210 valence electrons. The number of aliphatic hydroxyl groups is 1. The van der Waals surface area contributed by atoms with Gasteiger partial charge in [0.05, 0.1) is 45.2 Å². The molecule has 1 saturated heterocycles. The quantitative estimate of drug-likeness (QED) is 0.177. The molecule has 2 heterocycles. The predicted molar refractivity (Wildman–Crippen MR) is 145 cm³/mol. The fourth-order valence-corrected chi connectivity index (χ4v) is 5.36. The summed E-state index contributed by atoms with van der Waals surface area (Å²) in [5.41, 5.74) is 0.620. The van der Waals surface area contributed by atoms with Crippen molar-refractivity contribution in [1.82, 2.24) is 4.98 Å². The van der Waals surface area contributed by atoms with Crippen molar-refractivity contribution in [2.75, 3.05) is 32.8 Å². The Morgan fingerprint density at radius 1 is 1.07 bits per heavy atom. The fourth-order valence-electron chi connectivity index (χ4n) is 4.37. The van der Waals surface area contributed by atoms with E-state index < -0.39 is 35.3 Å². The standard InChI is InChI=1S/C28H27FN2O8S/c1-7-39-27(35)25-14(3)30-28(40-25)31-21(16-11-18(36-4)24(38-6)19(12-16)37-5)20(23(33)26(31)34)22(32)15-9-8-13(2)17(29)10-15/h8-12,21,32H,7H2,1-6H3/b22-20-. The van der Waals surface area contributed by atoms with Crippen molar-refractivity contribution in [3.05, 3.63) is 69.0 Å². The minimum atomic E-state index is -1.25. The third kappa shape index (κ3) is 4.86. The normalized spacial score (nSPS) is 16.3. The van der Waals surface area contributed by atoms with E-state index in [1.165, 1.54) is 45.6 Å². The first kappa shape index (κ1) is 28.6. The molecule has 0 saturated carbocycles. The minimum Gasteiger partial charge on any atom is -0.507 e. The highest BCUT2D eigenvalue weighted by molar-refractivity contribution is 7.17. The summed E-state index contributed by atoms with van der Waals surface area (Å²) in [5, 5.41) is 11.4. The number of hydrogen-bond donors (Lipinski definition) is 1. The van der Waals surface area contributed by atoms with Gasteiger partial charge in [-0.3, -0.25) is 14.5 Å². The minimum absolute atomic E-state index is 0.000994. The van der Waals surface area contributed by atoms with Crippen LogP contribution >= 0.6 is 11.3 Å². The van der Waals surface area contributed by atoms with E-state index in [-0.39, 0.29) is 45.0 Å². The van der Waals surface area contributed by atoms with E-state index in [1.54, 1.807) is 20.8 Å². The molecular formula is C28H27FN2O8S. The number of benzene rings is 2. The first-order valence-corrected chi connectivity index (χ1v) is 12.9. The second-order valence-corrected chi connectivity index (χ2v) is 9.70. The number of rotatable bonds is 8. The van der Waals surface area contributed by atoms with Crippen LogP contribution in [0.15, 0.2) is 35.9 Å². The summed E-state index contributed by atoms with van der Waals surface area (Å²) in [5.74, 6) is -3.12. The van der Waals surface area contributed by atoms with Crippen molar-refractivity contribution in [3.8, 4) is 17.2 Å². The van der Waals surface area contributed by atoms with Crippen LogP contribution in [0.25, 0.3) is 5.76 Å². The predicted octanol–water partition coefficient (Wildman–Crippen LogP) is 4.73. The Balaban J connectivity index is 2.01. The molecule has 10 nitrogen and oxygen atoms in total. The SMILES string of the molecule is CCOC(=O)c1sc(N2C(=O)C(=O)/C(=C(\O)c3ccc(C)c(F)c3)C2c2cc(OC)c(OC)c(OC)c2)nc1C. The van der Waals surface area contributed by atoms with Gasteiger partial charge in [-0.1, -0.05) is 23.5 Å². The Kier molecular flexibility index (Phi) is 8.10. The lowest BCUT2D eigenvalue weighted by Gasteiger charge is -2.24. The monoisotopic (exact) mass is 570 g/mol. The number of ketones is 1. The summed E-state index contributed by atoms with van der Waals surface area (Å²) in [4.78, 5) is 45.1. The van der Waals surface area contributed by atoms with Gasteiger partial charge in [-0.2, -0.15) is 0 Å². The van der Waals surface area contributed by atoms with Gasteiger partial charge in [0, 0.05) is 5.56 Å². The van der Waals surface area contributed by atoms with Crippen molar-refractivity contribution in [3.63, 3.8) is 0 Å². The van der Waals surface area contributed by atoms with Crippen LogP contribution in [0.5, 0.6) is 17.2 Å². The molecule has 0 spiro atoms. The third-order valence-corrected chi connectivity index (χ3v) is 7.48. The largest absolute Gasteiger partial charge is 0.507 e. The van der Waals surface area contributed by atoms with E-state index in [9.17, 15) is 23.9 Å². The van der Waals surface area contributed by atoms with E-state index in [0.717, 1.165) is 22.3 Å². The number of carbonyl (C=O) groups is 3. The van der Waals surface area contributed by atoms with Crippen LogP contribution in [0.3, 0.4) is 0 Å². The van der Waals surface area contributed by atoms with Crippen LogP contribution in [0.1, 0.15) is 45.0 Å². The molecule has 1 aromatic heterocycles. The summed E-state index contributed by atoms with van der Waals surface area (Å²) >= 11 is 0.866. The zero-order valence-electron chi connectivity index (χ0n) is 22.7. The zero-order chi connectivity index (χ0) is 29.3. The number of methoxy groups -OCH3 is 3. The first-order valence-electron chi connectivity index (χ1n) is 12.1. The van der Waals surface area contributed by atoms with E-state index >= 15 is 0 Å². The van der Waals surface area contributed by atoms with Gasteiger partial charge in [-0.25, -0.2) is 14.2 Å². The molecule has 1 atom stereocenters. The van der Waals surface area contributed by atoms with Crippen LogP contribution < -0.4 is 19.1 Å². The molecule has 1 aliphatic heterocycles. The molecule has 1 amide bonds. The molecule has 0 radical (unpaired) electrons. The van der Waals surface area contributed by atoms with Gasteiger partial charge in [0.25, 0.3) is 5.78 Å². The number of esters is 1. The van der Waals surface area contributed by atoms with Gasteiger partial charge in [-0.05, 0) is 50.1 Å². The number of amides is 1. The average Bonchev–Trinajstić information content (AvgIpc) is 3.45. The second-order valence-electron chi connectivity index (χ2n) is 8.72. The van der Waals surface area contributed by atoms with E-state index in [1.807, 2.05) is 0 Å². The van der Waals surface area contributed by atoms with Crippen molar-refractivity contribution in [2.24, 2.45) is 0 Å². The van der Waals surface area contributed by atoms with Gasteiger partial charge in [0.15, 0.2) is 16.6 Å². The first-order chi connectivity index (χ1) is 19.1. The lowest BCUT2D eigenvalue weighted by Crippen LogP contribution is -2.29. The maximum Gasteiger partial charge on any atom is 0.350 e. The van der Waals surface area contributed by atoms with Crippen LogP contribution in [-0.2, 0) is 14.3 Å². The van der Waals surface area contributed by atoms with Gasteiger partial charge >= 0.3 is 11.9 Å². The summed E-state index contributed by atoms with van der Waals surface area (Å²) < 4.78 is 35.9. The number of carbonyl (C=O) groups excluding carboxylic acids is 3. The molecule has 0 aliphatic carbocycles. The van der Waals surface area contributed by atoms with Gasteiger partial charge in [-0.15, -0.1) is 0 Å². The Morgan fingerprint density at radius 3 is 2.27 bits per heavy atom. The number of hydrogen-bond acceptors (Lipinski definition) is 10.